The Balaban J connectivity index is 1.36. The van der Waals surface area contributed by atoms with Gasteiger partial charge < -0.3 is 15.1 Å². The number of hydrogen-bond donors (Lipinski definition) is 2. The molecule has 2 aromatic heterocycles. The van der Waals surface area contributed by atoms with Crippen molar-refractivity contribution < 1.29 is 4.42 Å². The van der Waals surface area contributed by atoms with Crippen molar-refractivity contribution in [2.24, 2.45) is 4.99 Å². The molecule has 1 aromatic carbocycles. The molecular weight excluding hydrogens is 380 g/mol. The highest BCUT2D eigenvalue weighted by molar-refractivity contribution is 7.11. The molecule has 0 saturated heterocycles. The minimum Gasteiger partial charge on any atom is -0.469 e. The van der Waals surface area contributed by atoms with E-state index in [0.717, 1.165) is 61.9 Å². The lowest BCUT2D eigenvalue weighted by atomic mass is 9.88. The molecule has 4 rings (SSSR count). The van der Waals surface area contributed by atoms with Crippen LogP contribution < -0.4 is 10.6 Å². The number of thiazole rings is 1. The van der Waals surface area contributed by atoms with Crippen LogP contribution >= 0.6 is 11.3 Å². The zero-order chi connectivity index (χ0) is 19.9. The maximum atomic E-state index is 5.44. The second-order valence-corrected chi connectivity index (χ2v) is 8.77. The molecule has 0 saturated carbocycles. The summed E-state index contributed by atoms with van der Waals surface area (Å²) in [4.78, 5) is 10.5. The molecule has 0 amide bonds. The van der Waals surface area contributed by atoms with E-state index in [0.29, 0.717) is 6.04 Å². The zero-order valence-corrected chi connectivity index (χ0v) is 17.7. The molecule has 0 fully saturated rings. The van der Waals surface area contributed by atoms with E-state index in [-0.39, 0.29) is 0 Å². The fourth-order valence-corrected chi connectivity index (χ4v) is 4.48. The summed E-state index contributed by atoms with van der Waals surface area (Å²) in [5.74, 6) is 1.87. The fraction of sp³-hybridized carbons (Fsp3) is 0.391. The highest BCUT2D eigenvalue weighted by Gasteiger charge is 2.19. The number of rotatable bonds is 7. The summed E-state index contributed by atoms with van der Waals surface area (Å²) in [6.45, 7) is 3.61. The molecule has 3 aromatic rings. The van der Waals surface area contributed by atoms with Crippen molar-refractivity contribution in [3.05, 3.63) is 75.6 Å². The summed E-state index contributed by atoms with van der Waals surface area (Å²) in [7, 11) is 0. The molecule has 0 bridgehead atoms. The summed E-state index contributed by atoms with van der Waals surface area (Å²) >= 11 is 1.75. The van der Waals surface area contributed by atoms with Crippen molar-refractivity contribution in [1.82, 2.24) is 15.6 Å². The van der Waals surface area contributed by atoms with Crippen molar-refractivity contribution in [1.29, 1.82) is 0 Å². The smallest absolute Gasteiger partial charge is 0.191 e. The Morgan fingerprint density at radius 3 is 2.90 bits per heavy atom. The fourth-order valence-electron chi connectivity index (χ4n) is 3.71. The molecule has 0 radical (unpaired) electrons. The normalized spacial score (nSPS) is 16.4. The summed E-state index contributed by atoms with van der Waals surface area (Å²) in [5.41, 5.74) is 2.93. The standard InChI is InChI=1S/C23H28N4OS/c1-17-16-26-22(29-17)11-13-25-23(24-12-10-21-7-4-14-28-21)27-20-9-8-18-5-2-3-6-19(18)15-20/h2-7,14,16,20H,8-13,15H2,1H3,(H2,24,25,27). The van der Waals surface area contributed by atoms with Gasteiger partial charge in [-0.2, -0.15) is 0 Å². The van der Waals surface area contributed by atoms with Crippen molar-refractivity contribution >= 4 is 17.3 Å². The maximum Gasteiger partial charge on any atom is 0.191 e. The molecule has 1 unspecified atom stereocenters. The molecule has 1 aliphatic rings. The summed E-state index contributed by atoms with van der Waals surface area (Å²) in [5, 5.41) is 8.29. The van der Waals surface area contributed by atoms with E-state index in [1.807, 2.05) is 18.3 Å². The third kappa shape index (κ3) is 5.70. The van der Waals surface area contributed by atoms with Crippen LogP contribution in [-0.4, -0.2) is 30.1 Å². The van der Waals surface area contributed by atoms with Gasteiger partial charge in [0.2, 0.25) is 0 Å². The number of aromatic nitrogens is 1. The highest BCUT2D eigenvalue weighted by Crippen LogP contribution is 2.21. The Kier molecular flexibility index (Phi) is 6.62. The first-order valence-electron chi connectivity index (χ1n) is 10.3. The molecule has 5 nitrogen and oxygen atoms in total. The maximum absolute atomic E-state index is 5.44. The van der Waals surface area contributed by atoms with Crippen molar-refractivity contribution in [2.45, 2.75) is 45.1 Å². The molecule has 29 heavy (non-hydrogen) atoms. The minimum absolute atomic E-state index is 0.405. The summed E-state index contributed by atoms with van der Waals surface area (Å²) in [6.07, 6.45) is 8.65. The Morgan fingerprint density at radius 1 is 1.21 bits per heavy atom. The lowest BCUT2D eigenvalue weighted by Crippen LogP contribution is -2.46. The number of guanidine groups is 1. The lowest BCUT2D eigenvalue weighted by Gasteiger charge is -2.27. The Hall–Kier alpha value is -2.60. The number of nitrogens with zero attached hydrogens (tertiary/aromatic N) is 2. The van der Waals surface area contributed by atoms with Gasteiger partial charge >= 0.3 is 0 Å². The summed E-state index contributed by atoms with van der Waals surface area (Å²) < 4.78 is 5.44. The second-order valence-electron chi connectivity index (χ2n) is 7.45. The number of hydrogen-bond acceptors (Lipinski definition) is 4. The van der Waals surface area contributed by atoms with Crippen LogP contribution in [0.3, 0.4) is 0 Å². The van der Waals surface area contributed by atoms with E-state index in [9.17, 15) is 0 Å². The van der Waals surface area contributed by atoms with Gasteiger partial charge in [-0.15, -0.1) is 11.3 Å². The first-order chi connectivity index (χ1) is 14.3. The van der Waals surface area contributed by atoms with Crippen LogP contribution in [0.25, 0.3) is 0 Å². The molecule has 0 aliphatic heterocycles. The van der Waals surface area contributed by atoms with Gasteiger partial charge in [-0.1, -0.05) is 24.3 Å². The predicted molar refractivity (Wildman–Crippen MR) is 119 cm³/mol. The van der Waals surface area contributed by atoms with Crippen molar-refractivity contribution in [3.63, 3.8) is 0 Å². The van der Waals surface area contributed by atoms with E-state index in [2.05, 4.69) is 46.8 Å². The largest absolute Gasteiger partial charge is 0.469 e. The van der Waals surface area contributed by atoms with Crippen molar-refractivity contribution in [3.8, 4) is 0 Å². The average Bonchev–Trinajstić information content (AvgIpc) is 3.39. The predicted octanol–water partition coefficient (Wildman–Crippen LogP) is 3.92. The van der Waals surface area contributed by atoms with Crippen LogP contribution in [-0.2, 0) is 25.7 Å². The first-order valence-corrected chi connectivity index (χ1v) is 11.1. The highest BCUT2D eigenvalue weighted by atomic mass is 32.1. The van der Waals surface area contributed by atoms with Crippen LogP contribution in [0, 0.1) is 6.92 Å². The van der Waals surface area contributed by atoms with Gasteiger partial charge in [0.15, 0.2) is 5.96 Å². The van der Waals surface area contributed by atoms with Gasteiger partial charge in [0.25, 0.3) is 0 Å². The van der Waals surface area contributed by atoms with Gasteiger partial charge in [0.05, 0.1) is 11.3 Å². The van der Waals surface area contributed by atoms with Crippen LogP contribution in [0.5, 0.6) is 0 Å². The average molecular weight is 409 g/mol. The monoisotopic (exact) mass is 408 g/mol. The van der Waals surface area contributed by atoms with Gasteiger partial charge in [-0.05, 0) is 49.4 Å². The molecular formula is C23H28N4OS. The lowest BCUT2D eigenvalue weighted by molar-refractivity contribution is 0.501. The SMILES string of the molecule is Cc1cnc(CCN=C(NCCc2ccco2)NC2CCc3ccccc3C2)s1. The van der Waals surface area contributed by atoms with E-state index >= 15 is 0 Å². The van der Waals surface area contributed by atoms with Crippen LogP contribution in [0.4, 0.5) is 0 Å². The minimum atomic E-state index is 0.405. The molecule has 152 valence electrons. The molecule has 1 atom stereocenters. The second kappa shape index (κ2) is 9.74. The van der Waals surface area contributed by atoms with E-state index in [1.165, 1.54) is 16.0 Å². The topological polar surface area (TPSA) is 62.5 Å². The number of fused-ring (bicyclic) bond motifs is 1. The molecule has 6 heteroatoms. The quantitative estimate of drug-likeness (QED) is 0.459. The molecule has 0 spiro atoms. The number of aliphatic imine (C=N–C) groups is 1. The van der Waals surface area contributed by atoms with E-state index < -0.39 is 0 Å². The Bertz CT molecular complexity index is 932. The van der Waals surface area contributed by atoms with Crippen LogP contribution in [0.15, 0.2) is 58.3 Å². The number of benzene rings is 1. The Morgan fingerprint density at radius 2 is 2.10 bits per heavy atom. The third-order valence-corrected chi connectivity index (χ3v) is 6.17. The van der Waals surface area contributed by atoms with Crippen molar-refractivity contribution in [2.75, 3.05) is 13.1 Å². The van der Waals surface area contributed by atoms with Gasteiger partial charge in [-0.3, -0.25) is 4.99 Å². The number of furan rings is 1. The zero-order valence-electron chi connectivity index (χ0n) is 16.9. The van der Waals surface area contributed by atoms with E-state index in [1.54, 1.807) is 17.6 Å². The number of aryl methyl sites for hydroxylation is 2. The van der Waals surface area contributed by atoms with Gasteiger partial charge in [-0.25, -0.2) is 4.98 Å². The van der Waals surface area contributed by atoms with Crippen LogP contribution in [0.2, 0.25) is 0 Å². The molecule has 2 N–H and O–H groups in total. The molecule has 1 aliphatic carbocycles. The van der Waals surface area contributed by atoms with Gasteiger partial charge in [0.1, 0.15) is 5.76 Å². The van der Waals surface area contributed by atoms with Gasteiger partial charge in [0, 0.05) is 43.0 Å². The summed E-state index contributed by atoms with van der Waals surface area (Å²) in [6, 6.07) is 13.1. The Labute approximate surface area is 176 Å². The van der Waals surface area contributed by atoms with E-state index in [4.69, 9.17) is 9.41 Å². The molecule has 2 heterocycles. The first kappa shape index (κ1) is 19.7. The number of nitrogens with one attached hydrogen (secondary N) is 2. The third-order valence-electron chi connectivity index (χ3n) is 5.20. The van der Waals surface area contributed by atoms with Crippen LogP contribution in [0.1, 0.15) is 33.2 Å².